The minimum Gasteiger partial charge on any atom is -0.393 e. The molecule has 4 saturated carbocycles. The van der Waals surface area contributed by atoms with Crippen LogP contribution in [0.1, 0.15) is 71.6 Å². The van der Waals surface area contributed by atoms with Crippen molar-refractivity contribution in [3.05, 3.63) is 47.6 Å². The monoisotopic (exact) mass is 508 g/mol. The van der Waals surface area contributed by atoms with E-state index < -0.39 is 35.7 Å². The summed E-state index contributed by atoms with van der Waals surface area (Å²) in [4.78, 5) is 11.8. The van der Waals surface area contributed by atoms with E-state index in [2.05, 4.69) is 26.5 Å². The van der Waals surface area contributed by atoms with Crippen LogP contribution in [0.15, 0.2) is 47.6 Å². The van der Waals surface area contributed by atoms with Crippen LogP contribution in [0.3, 0.4) is 0 Å². The second kappa shape index (κ2) is 9.88. The maximum absolute atomic E-state index is 13.0. The first kappa shape index (κ1) is 27.3. The van der Waals surface area contributed by atoms with Gasteiger partial charge in [0, 0.05) is 6.42 Å². The summed E-state index contributed by atoms with van der Waals surface area (Å²) in [5, 5.41) is 30.7. The number of allylic oxidation sites excluding steroid dienone is 4. The van der Waals surface area contributed by atoms with Gasteiger partial charge in [-0.1, -0.05) is 50.3 Å². The summed E-state index contributed by atoms with van der Waals surface area (Å²) in [7, 11) is 0. The van der Waals surface area contributed by atoms with Gasteiger partial charge >= 0.3 is 6.18 Å². The molecule has 0 aliphatic heterocycles. The largest absolute Gasteiger partial charge is 0.450 e. The molecule has 4 aliphatic carbocycles. The number of alkyl halides is 3. The third kappa shape index (κ3) is 5.03. The summed E-state index contributed by atoms with van der Waals surface area (Å²) in [6, 6.07) is 0. The molecule has 0 saturated heterocycles. The first-order chi connectivity index (χ1) is 16.8. The van der Waals surface area contributed by atoms with Crippen LogP contribution in [0.5, 0.6) is 0 Å². The minimum atomic E-state index is -4.93. The van der Waals surface area contributed by atoms with Gasteiger partial charge in [-0.05, 0) is 85.7 Å². The highest BCUT2D eigenvalue weighted by Crippen LogP contribution is 2.60. The van der Waals surface area contributed by atoms with Crippen LogP contribution < -0.4 is 0 Å². The lowest BCUT2D eigenvalue weighted by molar-refractivity contribution is -0.180. The predicted octanol–water partition coefficient (Wildman–Crippen LogP) is 5.59. The number of carbonyl (C=O) groups excluding carboxylic acids is 1. The van der Waals surface area contributed by atoms with E-state index in [0.717, 1.165) is 37.7 Å². The lowest BCUT2D eigenvalue weighted by Crippen LogP contribution is -2.39. The minimum absolute atomic E-state index is 0.0406. The molecule has 200 valence electrons. The number of hydrogen-bond donors (Lipinski definition) is 3. The Labute approximate surface area is 211 Å². The lowest BCUT2D eigenvalue weighted by atomic mass is 9.61. The second-order valence-corrected chi connectivity index (χ2v) is 11.8. The number of hydrogen-bond acceptors (Lipinski definition) is 4. The molecular weight excluding hydrogens is 469 g/mol. The fourth-order valence-electron chi connectivity index (χ4n) is 7.28. The molecule has 4 aliphatic rings. The molecular formula is C29H39F3O4. The third-order valence-electron chi connectivity index (χ3n) is 9.60. The maximum Gasteiger partial charge on any atom is 0.450 e. The molecule has 0 radical (unpaired) electrons. The third-order valence-corrected chi connectivity index (χ3v) is 9.60. The summed E-state index contributed by atoms with van der Waals surface area (Å²) in [5.41, 5.74) is 1.27. The molecule has 36 heavy (non-hydrogen) atoms. The molecule has 4 nitrogen and oxygen atoms in total. The number of Topliss-reactive ketones (excluding diaryl/α,β-unsaturated/α-hetero) is 1. The summed E-state index contributed by atoms with van der Waals surface area (Å²) in [6.07, 6.45) is 5.87. The smallest absolute Gasteiger partial charge is 0.393 e. The number of aliphatic hydroxyl groups excluding tert-OH is 3. The van der Waals surface area contributed by atoms with Crippen molar-refractivity contribution >= 4 is 5.78 Å². The van der Waals surface area contributed by atoms with Crippen LogP contribution in [0, 0.1) is 28.6 Å². The summed E-state index contributed by atoms with van der Waals surface area (Å²) in [6.45, 7) is 8.36. The molecule has 7 heteroatoms. The molecule has 0 unspecified atom stereocenters. The topological polar surface area (TPSA) is 77.8 Å². The number of aliphatic hydroxyl groups is 3. The van der Waals surface area contributed by atoms with E-state index in [4.69, 9.17) is 0 Å². The molecule has 7 atom stereocenters. The van der Waals surface area contributed by atoms with Gasteiger partial charge in [0.1, 0.15) is 0 Å². The van der Waals surface area contributed by atoms with Crippen molar-refractivity contribution in [2.24, 2.45) is 28.6 Å². The number of carbonyl (C=O) groups is 1. The SMILES string of the molecule is C=C1C(=CC=C2CCC[C@]3(C)[C@@H]([C@H](C)C=C[C@@H](O)C4(C(=O)C(F)(F)F)CC4)CC[C@@H]23)C[C@@H](O)C[C@@H]1O. The van der Waals surface area contributed by atoms with Crippen LogP contribution in [0.25, 0.3) is 0 Å². The van der Waals surface area contributed by atoms with Crippen LogP contribution in [0.2, 0.25) is 0 Å². The zero-order chi connectivity index (χ0) is 26.5. The molecule has 0 aromatic carbocycles. The van der Waals surface area contributed by atoms with Crippen molar-refractivity contribution in [2.45, 2.75) is 96.1 Å². The molecule has 0 heterocycles. The lowest BCUT2D eigenvalue weighted by Gasteiger charge is -2.44. The molecule has 0 spiro atoms. The Kier molecular flexibility index (Phi) is 7.50. The van der Waals surface area contributed by atoms with E-state index in [9.17, 15) is 33.3 Å². The first-order valence-corrected chi connectivity index (χ1v) is 13.2. The van der Waals surface area contributed by atoms with E-state index in [1.807, 2.05) is 12.2 Å². The van der Waals surface area contributed by atoms with Crippen molar-refractivity contribution in [1.29, 1.82) is 0 Å². The maximum atomic E-state index is 13.0. The molecule has 0 amide bonds. The Bertz CT molecular complexity index is 973. The van der Waals surface area contributed by atoms with E-state index >= 15 is 0 Å². The summed E-state index contributed by atoms with van der Waals surface area (Å²) >= 11 is 0. The normalized spacial score (nSPS) is 38.4. The van der Waals surface area contributed by atoms with Gasteiger partial charge in [0.25, 0.3) is 0 Å². The number of halogens is 3. The molecule has 3 N–H and O–H groups in total. The first-order valence-electron chi connectivity index (χ1n) is 13.2. The van der Waals surface area contributed by atoms with Crippen molar-refractivity contribution in [3.63, 3.8) is 0 Å². The van der Waals surface area contributed by atoms with Gasteiger partial charge in [-0.2, -0.15) is 13.2 Å². The Balaban J connectivity index is 1.47. The van der Waals surface area contributed by atoms with Crippen LogP contribution >= 0.6 is 0 Å². The zero-order valence-corrected chi connectivity index (χ0v) is 21.2. The molecule has 4 fully saturated rings. The number of ketones is 1. The summed E-state index contributed by atoms with van der Waals surface area (Å²) in [5.74, 6) is -1.04. The van der Waals surface area contributed by atoms with Crippen molar-refractivity contribution in [1.82, 2.24) is 0 Å². The van der Waals surface area contributed by atoms with Gasteiger partial charge in [-0.15, -0.1) is 0 Å². The molecule has 0 aromatic rings. The Hall–Kier alpha value is -1.70. The highest BCUT2D eigenvalue weighted by Gasteiger charge is 2.63. The van der Waals surface area contributed by atoms with E-state index in [1.54, 1.807) is 0 Å². The Morgan fingerprint density at radius 3 is 2.47 bits per heavy atom. The summed E-state index contributed by atoms with van der Waals surface area (Å²) < 4.78 is 38.9. The van der Waals surface area contributed by atoms with Gasteiger partial charge in [0.05, 0.1) is 23.7 Å². The van der Waals surface area contributed by atoms with Gasteiger partial charge in [0.2, 0.25) is 5.78 Å². The van der Waals surface area contributed by atoms with E-state index in [1.165, 1.54) is 11.6 Å². The number of rotatable bonds is 6. The Morgan fingerprint density at radius 2 is 1.83 bits per heavy atom. The fraction of sp³-hybridized carbons (Fsp3) is 0.690. The fourth-order valence-corrected chi connectivity index (χ4v) is 7.28. The highest BCUT2D eigenvalue weighted by atomic mass is 19.4. The molecule has 4 rings (SSSR count). The zero-order valence-electron chi connectivity index (χ0n) is 21.2. The van der Waals surface area contributed by atoms with Gasteiger partial charge in [-0.3, -0.25) is 4.79 Å². The van der Waals surface area contributed by atoms with Crippen molar-refractivity contribution in [2.75, 3.05) is 0 Å². The van der Waals surface area contributed by atoms with Gasteiger partial charge in [0.15, 0.2) is 0 Å². The van der Waals surface area contributed by atoms with Crippen LogP contribution in [-0.2, 0) is 4.79 Å². The predicted molar refractivity (Wildman–Crippen MR) is 132 cm³/mol. The van der Waals surface area contributed by atoms with Crippen molar-refractivity contribution < 1.29 is 33.3 Å². The van der Waals surface area contributed by atoms with Crippen molar-refractivity contribution in [3.8, 4) is 0 Å². The van der Waals surface area contributed by atoms with Crippen LogP contribution in [-0.4, -0.2) is 45.6 Å². The van der Waals surface area contributed by atoms with Gasteiger partial charge in [-0.25, -0.2) is 0 Å². The average Bonchev–Trinajstić information content (AvgIpc) is 3.53. The van der Waals surface area contributed by atoms with Gasteiger partial charge < -0.3 is 15.3 Å². The standard InChI is InChI=1S/C29H39F3O4/c1-17(6-11-25(35)28(13-14-28)26(36)29(30,31)32)22-9-10-23-19(5-4-12-27(22,23)3)7-8-20-15-21(33)16-24(34)18(20)2/h6-8,11,17,21-25,33-35H,2,4-5,9-10,12-16H2,1,3H3/t17-,21-,22-,23+,24+,25-,27-/m1/s1. The van der Waals surface area contributed by atoms with Crippen LogP contribution in [0.4, 0.5) is 13.2 Å². The second-order valence-electron chi connectivity index (χ2n) is 11.8. The van der Waals surface area contributed by atoms with E-state index in [-0.39, 0.29) is 24.2 Å². The molecule has 0 bridgehead atoms. The Morgan fingerprint density at radius 1 is 1.14 bits per heavy atom. The highest BCUT2D eigenvalue weighted by molar-refractivity contribution is 5.92. The molecule has 0 aromatic heterocycles. The quantitative estimate of drug-likeness (QED) is 0.409. The average molecular weight is 509 g/mol. The number of fused-ring (bicyclic) bond motifs is 1. The van der Waals surface area contributed by atoms with E-state index in [0.29, 0.717) is 30.3 Å².